The van der Waals surface area contributed by atoms with Gasteiger partial charge in [-0.1, -0.05) is 82.2 Å². The van der Waals surface area contributed by atoms with Crippen LogP contribution in [0.25, 0.3) is 44.6 Å². The number of imidazole rings is 1. The first kappa shape index (κ1) is 49.3. The van der Waals surface area contributed by atoms with Crippen LogP contribution in [0.5, 0.6) is 5.75 Å². The van der Waals surface area contributed by atoms with E-state index in [1.165, 1.54) is 24.0 Å². The van der Waals surface area contributed by atoms with E-state index in [2.05, 4.69) is 89.4 Å². The predicted octanol–water partition coefficient (Wildman–Crippen LogP) is 9.35. The van der Waals surface area contributed by atoms with Crippen LogP contribution in [0.1, 0.15) is 96.2 Å². The zero-order chi connectivity index (χ0) is 48.8. The van der Waals surface area contributed by atoms with Gasteiger partial charge in [0, 0.05) is 66.4 Å². The van der Waals surface area contributed by atoms with Gasteiger partial charge in [0.2, 0.25) is 0 Å². The maximum atomic E-state index is 12.6. The number of ether oxygens (including phenoxy) is 1. The number of benzene rings is 4. The lowest BCUT2D eigenvalue weighted by Crippen LogP contribution is -2.44. The second-order valence-corrected chi connectivity index (χ2v) is 20.1. The van der Waals surface area contributed by atoms with Crippen molar-refractivity contribution >= 4 is 50.9 Å². The highest BCUT2D eigenvalue weighted by Gasteiger charge is 2.45. The standard InChI is InChI=1S/C54H63N7O7S/c1-33(2)60(26-10-25-55-53(66)59-37-19-17-36(18-20-37)54(3,4)5)30-46-49(64)50(65)52(68-46)61-32-58-48-43(56-31-57-51(48)61)12-9-7-6-8-11-40(69)27-34-13-15-35(16-14-34)47-41-23-21-38(62)28-44(41)67-45-29-39(63)22-24-42(45)47/h13-24,28-29,31-33,46,49-50,52,62,64-65H,6-12,25-27,30H2,1-5H3,(H2,55,59,66)/t46-,49-,50-,52-/m1/s1. The summed E-state index contributed by atoms with van der Waals surface area (Å²) in [5, 5.41) is 39.2. The number of nitrogens with one attached hydrogen (secondary N) is 2. The quantitative estimate of drug-likeness (QED) is 0.0294. The molecule has 0 saturated carbocycles. The number of anilines is 1. The number of carbonyl (C=O) groups excluding carboxylic acids is 1. The lowest BCUT2D eigenvalue weighted by Gasteiger charge is -2.30. The molecule has 8 rings (SSSR count). The third kappa shape index (κ3) is 11.9. The molecule has 1 aliphatic carbocycles. The van der Waals surface area contributed by atoms with Gasteiger partial charge in [0.15, 0.2) is 17.3 Å². The van der Waals surface area contributed by atoms with Gasteiger partial charge in [-0.3, -0.25) is 14.3 Å². The molecule has 2 aromatic heterocycles. The van der Waals surface area contributed by atoms with E-state index in [4.69, 9.17) is 21.4 Å². The van der Waals surface area contributed by atoms with Crippen molar-refractivity contribution in [2.24, 2.45) is 0 Å². The van der Waals surface area contributed by atoms with E-state index in [9.17, 15) is 24.9 Å². The van der Waals surface area contributed by atoms with E-state index in [0.717, 1.165) is 82.4 Å². The Balaban J connectivity index is 0.778. The summed E-state index contributed by atoms with van der Waals surface area (Å²) in [6.45, 7) is 12.1. The van der Waals surface area contributed by atoms with Crippen LogP contribution in [0, 0.1) is 0 Å². The molecule has 0 unspecified atom stereocenters. The number of phenols is 1. The van der Waals surface area contributed by atoms with Gasteiger partial charge < -0.3 is 35.1 Å². The smallest absolute Gasteiger partial charge is 0.319 e. The Morgan fingerprint density at radius 2 is 1.67 bits per heavy atom. The molecule has 0 spiro atoms. The molecule has 0 radical (unpaired) electrons. The molecule has 2 aliphatic heterocycles. The molecule has 5 N–H and O–H groups in total. The molecule has 1 saturated heterocycles. The van der Waals surface area contributed by atoms with E-state index in [1.54, 1.807) is 29.1 Å². The number of unbranched alkanes of at least 4 members (excludes halogenated alkanes) is 3. The second kappa shape index (κ2) is 21.7. The molecule has 1 fully saturated rings. The summed E-state index contributed by atoms with van der Waals surface area (Å²) in [5.74, 6) is 0.564. The van der Waals surface area contributed by atoms with Gasteiger partial charge in [0.1, 0.15) is 47.2 Å². The first-order valence-corrected chi connectivity index (χ1v) is 24.4. The summed E-state index contributed by atoms with van der Waals surface area (Å²) < 4.78 is 14.0. The molecule has 69 heavy (non-hydrogen) atoms. The monoisotopic (exact) mass is 953 g/mol. The third-order valence-corrected chi connectivity index (χ3v) is 13.4. The van der Waals surface area contributed by atoms with Crippen LogP contribution in [0.3, 0.4) is 0 Å². The Kier molecular flexibility index (Phi) is 15.5. The normalized spacial score (nSPS) is 17.4. The van der Waals surface area contributed by atoms with Gasteiger partial charge in [-0.2, -0.15) is 0 Å². The van der Waals surface area contributed by atoms with Crippen LogP contribution in [-0.2, 0) is 23.0 Å². The molecule has 5 aromatic rings. The lowest BCUT2D eigenvalue weighted by molar-refractivity contribution is -0.0468. The van der Waals surface area contributed by atoms with Crippen LogP contribution >= 0.6 is 12.2 Å². The van der Waals surface area contributed by atoms with E-state index >= 15 is 0 Å². The van der Waals surface area contributed by atoms with Crippen molar-refractivity contribution in [1.29, 1.82) is 0 Å². The number of hydrogen-bond acceptors (Lipinski definition) is 12. The third-order valence-electron chi connectivity index (χ3n) is 13.0. The van der Waals surface area contributed by atoms with Crippen LogP contribution in [0.15, 0.2) is 107 Å². The fourth-order valence-electron chi connectivity index (χ4n) is 9.13. The van der Waals surface area contributed by atoms with Crippen molar-refractivity contribution in [3.05, 3.63) is 125 Å². The number of carbonyl (C=O) groups is 1. The number of urea groups is 1. The minimum absolute atomic E-state index is 0.0350. The fraction of sp³-hybridized carbons (Fsp3) is 0.407. The Morgan fingerprint density at radius 3 is 2.42 bits per heavy atom. The summed E-state index contributed by atoms with van der Waals surface area (Å²) in [5.41, 5.74) is 8.23. The molecular weight excluding hydrogens is 891 g/mol. The van der Waals surface area contributed by atoms with E-state index in [1.807, 2.05) is 30.3 Å². The Hall–Kier alpha value is -6.10. The SMILES string of the molecule is CC(C)N(CCCNC(=O)Nc1ccc(C(C)(C)C)cc1)C[C@H]1O[C@@H](n2cnc3c(CCCCCCC(=S)Cc4ccc(-c5c6ccc(=O)cc-6oc6cc(O)ccc56)cc4)ncnc32)[C@H](O)[C@@H]1O. The zero-order valence-electron chi connectivity index (χ0n) is 40.0. The molecular formula is C54H63N7O7S. The number of hydrogen-bond donors (Lipinski definition) is 5. The first-order chi connectivity index (χ1) is 33.1. The summed E-state index contributed by atoms with van der Waals surface area (Å²) in [7, 11) is 0. The molecule has 2 amide bonds. The summed E-state index contributed by atoms with van der Waals surface area (Å²) in [4.78, 5) is 41.6. The van der Waals surface area contributed by atoms with Gasteiger partial charge in [0.25, 0.3) is 0 Å². The van der Waals surface area contributed by atoms with Crippen LogP contribution in [0.4, 0.5) is 10.5 Å². The topological polar surface area (TPSA) is 188 Å². The number of phenolic OH excluding ortho intramolecular Hbond substituents is 1. The number of rotatable bonds is 19. The number of fused-ring (bicyclic) bond motifs is 3. The number of aliphatic hydroxyl groups excluding tert-OH is 2. The minimum Gasteiger partial charge on any atom is -0.508 e. The number of amides is 2. The number of aliphatic hydroxyl groups is 2. The first-order valence-electron chi connectivity index (χ1n) is 24.0. The molecule has 3 aliphatic rings. The molecule has 0 bridgehead atoms. The average molecular weight is 954 g/mol. The van der Waals surface area contributed by atoms with Gasteiger partial charge in [-0.05, 0) is 109 Å². The highest BCUT2D eigenvalue weighted by molar-refractivity contribution is 7.80. The lowest BCUT2D eigenvalue weighted by atomic mass is 9.87. The maximum Gasteiger partial charge on any atom is 0.319 e. The van der Waals surface area contributed by atoms with Crippen LogP contribution < -0.4 is 16.1 Å². The molecule has 3 aromatic carbocycles. The van der Waals surface area contributed by atoms with Gasteiger partial charge in [-0.15, -0.1) is 0 Å². The molecule has 15 heteroatoms. The van der Waals surface area contributed by atoms with Crippen molar-refractivity contribution < 1.29 is 29.3 Å². The average Bonchev–Trinajstić information content (AvgIpc) is 3.87. The summed E-state index contributed by atoms with van der Waals surface area (Å²) >= 11 is 5.82. The number of thiocarbonyl (C=S) groups is 1. The number of aryl methyl sites for hydroxylation is 1. The molecule has 362 valence electrons. The number of aromatic hydroxyl groups is 1. The summed E-state index contributed by atoms with van der Waals surface area (Å²) in [6, 6.07) is 25.9. The number of aromatic nitrogens is 4. The number of nitrogens with zero attached hydrogens (tertiary/aromatic N) is 5. The molecule has 14 nitrogen and oxygen atoms in total. The van der Waals surface area contributed by atoms with E-state index in [0.29, 0.717) is 55.0 Å². The minimum atomic E-state index is -1.19. The van der Waals surface area contributed by atoms with Crippen molar-refractivity contribution in [3.8, 4) is 28.2 Å². The van der Waals surface area contributed by atoms with Crippen molar-refractivity contribution in [2.45, 2.75) is 122 Å². The maximum absolute atomic E-state index is 12.6. The van der Waals surface area contributed by atoms with Crippen molar-refractivity contribution in [1.82, 2.24) is 29.7 Å². The summed E-state index contributed by atoms with van der Waals surface area (Å²) in [6.07, 6.45) is 6.18. The largest absolute Gasteiger partial charge is 0.508 e. The highest BCUT2D eigenvalue weighted by Crippen LogP contribution is 2.41. The van der Waals surface area contributed by atoms with Gasteiger partial charge in [0.05, 0.1) is 12.0 Å². The predicted molar refractivity (Wildman–Crippen MR) is 274 cm³/mol. The van der Waals surface area contributed by atoms with E-state index < -0.39 is 24.5 Å². The molecule has 4 atom stereocenters. The highest BCUT2D eigenvalue weighted by atomic mass is 32.1. The fourth-order valence-corrected chi connectivity index (χ4v) is 9.44. The van der Waals surface area contributed by atoms with Crippen molar-refractivity contribution in [3.63, 3.8) is 0 Å². The Labute approximate surface area is 408 Å². The van der Waals surface area contributed by atoms with Gasteiger partial charge >= 0.3 is 6.03 Å². The van der Waals surface area contributed by atoms with Gasteiger partial charge in [-0.25, -0.2) is 19.7 Å². The van der Waals surface area contributed by atoms with Crippen LogP contribution in [-0.4, -0.2) is 94.6 Å². The molecule has 4 heterocycles. The second-order valence-electron chi connectivity index (χ2n) is 19.5. The zero-order valence-corrected chi connectivity index (χ0v) is 40.8. The Bertz CT molecular complexity index is 2910. The van der Waals surface area contributed by atoms with Crippen molar-refractivity contribution in [2.75, 3.05) is 25.0 Å². The Morgan fingerprint density at radius 1 is 0.899 bits per heavy atom. The van der Waals surface area contributed by atoms with Crippen LogP contribution in [0.2, 0.25) is 0 Å². The van der Waals surface area contributed by atoms with E-state index in [-0.39, 0.29) is 28.7 Å².